The Morgan fingerprint density at radius 2 is 1.90 bits per heavy atom. The molecule has 0 aliphatic rings. The first-order valence-electron chi connectivity index (χ1n) is 5.93. The molecule has 1 aromatic carbocycles. The molecule has 0 aromatic heterocycles. The maximum atomic E-state index is 11.7. The average molecular weight is 280 g/mol. The Balaban J connectivity index is 2.52. The predicted molar refractivity (Wildman–Crippen MR) is 69.3 cm³/mol. The molecule has 108 valence electrons. The number of hydrogen-bond acceptors (Lipinski definition) is 6. The number of amides is 1. The van der Waals surface area contributed by atoms with Gasteiger partial charge in [0.2, 0.25) is 5.91 Å². The summed E-state index contributed by atoms with van der Waals surface area (Å²) >= 11 is 0. The third-order valence-corrected chi connectivity index (χ3v) is 2.43. The van der Waals surface area contributed by atoms with Gasteiger partial charge in [0.15, 0.2) is 0 Å². The second kappa shape index (κ2) is 8.03. The van der Waals surface area contributed by atoms with Gasteiger partial charge in [-0.15, -0.1) is 0 Å². The van der Waals surface area contributed by atoms with Crippen molar-refractivity contribution >= 4 is 17.7 Å². The Kier molecular flexibility index (Phi) is 6.34. The first-order chi connectivity index (χ1) is 9.58. The summed E-state index contributed by atoms with van der Waals surface area (Å²) in [4.78, 5) is 34.2. The van der Waals surface area contributed by atoms with E-state index >= 15 is 0 Å². The van der Waals surface area contributed by atoms with E-state index in [1.165, 1.54) is 0 Å². The number of aliphatic hydroxyl groups excluding tert-OH is 1. The molecule has 7 nitrogen and oxygen atoms in total. The van der Waals surface area contributed by atoms with Gasteiger partial charge in [-0.3, -0.25) is 9.59 Å². The lowest BCUT2D eigenvalue weighted by Gasteiger charge is -2.13. The summed E-state index contributed by atoms with van der Waals surface area (Å²) < 4.78 is 4.81. The molecule has 0 bridgehead atoms. The van der Waals surface area contributed by atoms with Crippen LogP contribution in [0.3, 0.4) is 0 Å². The summed E-state index contributed by atoms with van der Waals surface area (Å²) in [6, 6.07) is 7.47. The molecule has 0 spiro atoms. The van der Waals surface area contributed by atoms with E-state index in [4.69, 9.17) is 15.6 Å². The van der Waals surface area contributed by atoms with Gasteiger partial charge in [-0.2, -0.15) is 0 Å². The molecule has 0 heterocycles. The van der Waals surface area contributed by atoms with Crippen LogP contribution in [0.1, 0.15) is 5.56 Å². The SMILES string of the molecule is NCC(=O)N[C@@H](CO)C(=O)C(=O)OCc1ccccc1. The van der Waals surface area contributed by atoms with Crippen molar-refractivity contribution in [3.8, 4) is 0 Å². The van der Waals surface area contributed by atoms with E-state index in [0.29, 0.717) is 0 Å². The molecule has 4 N–H and O–H groups in total. The van der Waals surface area contributed by atoms with Gasteiger partial charge in [-0.25, -0.2) is 4.79 Å². The molecule has 0 radical (unpaired) electrons. The molecule has 0 aliphatic carbocycles. The Hall–Kier alpha value is -2.25. The van der Waals surface area contributed by atoms with Crippen molar-refractivity contribution in [3.63, 3.8) is 0 Å². The third kappa shape index (κ3) is 4.79. The van der Waals surface area contributed by atoms with Gasteiger partial charge >= 0.3 is 5.97 Å². The molecule has 0 unspecified atom stereocenters. The molecular formula is C13H16N2O5. The molecule has 0 aliphatic heterocycles. The van der Waals surface area contributed by atoms with E-state index in [1.54, 1.807) is 30.3 Å². The molecule has 20 heavy (non-hydrogen) atoms. The van der Waals surface area contributed by atoms with Gasteiger partial charge < -0.3 is 20.9 Å². The van der Waals surface area contributed by atoms with Crippen LogP contribution in [0.4, 0.5) is 0 Å². The van der Waals surface area contributed by atoms with Gasteiger partial charge in [-0.05, 0) is 5.56 Å². The fourth-order valence-electron chi connectivity index (χ4n) is 1.38. The van der Waals surface area contributed by atoms with Crippen LogP contribution in [-0.2, 0) is 25.7 Å². The van der Waals surface area contributed by atoms with Crippen LogP contribution >= 0.6 is 0 Å². The van der Waals surface area contributed by atoms with Crippen LogP contribution < -0.4 is 11.1 Å². The number of carbonyl (C=O) groups is 3. The number of benzene rings is 1. The zero-order valence-electron chi connectivity index (χ0n) is 10.7. The highest BCUT2D eigenvalue weighted by molar-refractivity contribution is 6.36. The first-order valence-corrected chi connectivity index (χ1v) is 5.93. The van der Waals surface area contributed by atoms with Crippen LogP contribution in [0.15, 0.2) is 30.3 Å². The van der Waals surface area contributed by atoms with Crippen molar-refractivity contribution in [2.75, 3.05) is 13.2 Å². The van der Waals surface area contributed by atoms with Gasteiger partial charge in [0.05, 0.1) is 13.2 Å². The fourth-order valence-corrected chi connectivity index (χ4v) is 1.38. The van der Waals surface area contributed by atoms with E-state index in [9.17, 15) is 14.4 Å². The topological polar surface area (TPSA) is 119 Å². The van der Waals surface area contributed by atoms with E-state index in [-0.39, 0.29) is 13.2 Å². The van der Waals surface area contributed by atoms with Gasteiger partial charge in [-0.1, -0.05) is 30.3 Å². The van der Waals surface area contributed by atoms with Crippen molar-refractivity contribution < 1.29 is 24.2 Å². The van der Waals surface area contributed by atoms with E-state index in [0.717, 1.165) is 5.56 Å². The minimum Gasteiger partial charge on any atom is -0.455 e. The van der Waals surface area contributed by atoms with Crippen LogP contribution in [0.2, 0.25) is 0 Å². The molecule has 7 heteroatoms. The highest BCUT2D eigenvalue weighted by Crippen LogP contribution is 2.01. The number of hydrogen-bond donors (Lipinski definition) is 3. The lowest BCUT2D eigenvalue weighted by molar-refractivity contribution is -0.156. The summed E-state index contributed by atoms with van der Waals surface area (Å²) in [6.45, 7) is -1.11. The Labute approximate surface area is 115 Å². The molecule has 1 amide bonds. The van der Waals surface area contributed by atoms with Crippen LogP contribution in [0.5, 0.6) is 0 Å². The summed E-state index contributed by atoms with van der Waals surface area (Å²) in [7, 11) is 0. The van der Waals surface area contributed by atoms with Crippen molar-refractivity contribution in [2.24, 2.45) is 5.73 Å². The summed E-state index contributed by atoms with van der Waals surface area (Å²) in [5, 5.41) is 11.1. The third-order valence-electron chi connectivity index (χ3n) is 2.43. The second-order valence-corrected chi connectivity index (χ2v) is 3.93. The van der Waals surface area contributed by atoms with Crippen LogP contribution in [0, 0.1) is 0 Å². The number of rotatable bonds is 7. The number of ketones is 1. The number of aliphatic hydroxyl groups is 1. The number of Topliss-reactive ketones (excluding diaryl/α,β-unsaturated/α-hetero) is 1. The highest BCUT2D eigenvalue weighted by atomic mass is 16.5. The minimum absolute atomic E-state index is 0.0611. The Bertz CT molecular complexity index is 475. The highest BCUT2D eigenvalue weighted by Gasteiger charge is 2.27. The zero-order valence-corrected chi connectivity index (χ0v) is 10.7. The maximum Gasteiger partial charge on any atom is 0.377 e. The van der Waals surface area contributed by atoms with Gasteiger partial charge in [0, 0.05) is 0 Å². The van der Waals surface area contributed by atoms with Crippen molar-refractivity contribution in [2.45, 2.75) is 12.6 Å². The molecular weight excluding hydrogens is 264 g/mol. The lowest BCUT2D eigenvalue weighted by atomic mass is 10.2. The largest absolute Gasteiger partial charge is 0.455 e. The molecule has 1 atom stereocenters. The number of esters is 1. The molecule has 0 fully saturated rings. The Morgan fingerprint density at radius 3 is 2.45 bits per heavy atom. The first kappa shape index (κ1) is 15.8. The zero-order chi connectivity index (χ0) is 15.0. The number of carbonyl (C=O) groups excluding carboxylic acids is 3. The van der Waals surface area contributed by atoms with Gasteiger partial charge in [0.25, 0.3) is 5.78 Å². The smallest absolute Gasteiger partial charge is 0.377 e. The fraction of sp³-hybridized carbons (Fsp3) is 0.308. The number of nitrogens with one attached hydrogen (secondary N) is 1. The van der Waals surface area contributed by atoms with E-state index in [1.807, 2.05) is 0 Å². The van der Waals surface area contributed by atoms with Gasteiger partial charge in [0.1, 0.15) is 12.6 Å². The van der Waals surface area contributed by atoms with Crippen LogP contribution in [-0.4, -0.2) is 42.0 Å². The summed E-state index contributed by atoms with van der Waals surface area (Å²) in [5.41, 5.74) is 5.79. The average Bonchev–Trinajstić information content (AvgIpc) is 2.50. The second-order valence-electron chi connectivity index (χ2n) is 3.93. The molecule has 0 saturated heterocycles. The van der Waals surface area contributed by atoms with Crippen LogP contribution in [0.25, 0.3) is 0 Å². The number of nitrogens with two attached hydrogens (primary N) is 1. The maximum absolute atomic E-state index is 11.7. The van der Waals surface area contributed by atoms with E-state index < -0.39 is 30.3 Å². The standard InChI is InChI=1S/C13H16N2O5/c14-6-11(17)15-10(7-16)12(18)13(19)20-8-9-4-2-1-3-5-9/h1-5,10,16H,6-8,14H2,(H,15,17)/t10-/m0/s1. The quantitative estimate of drug-likeness (QED) is 0.423. The van der Waals surface area contributed by atoms with E-state index in [2.05, 4.69) is 5.32 Å². The van der Waals surface area contributed by atoms with Crippen molar-refractivity contribution in [3.05, 3.63) is 35.9 Å². The molecule has 1 rings (SSSR count). The minimum atomic E-state index is -1.34. The molecule has 0 saturated carbocycles. The summed E-state index contributed by atoms with van der Waals surface area (Å²) in [5.74, 6) is -2.79. The lowest BCUT2D eigenvalue weighted by Crippen LogP contribution is -2.48. The summed E-state index contributed by atoms with van der Waals surface area (Å²) in [6.07, 6.45) is 0. The predicted octanol–water partition coefficient (Wildman–Crippen LogP) is -1.27. The normalized spacial score (nSPS) is 11.5. The monoisotopic (exact) mass is 280 g/mol. The molecule has 1 aromatic rings. The number of ether oxygens (including phenoxy) is 1. The Morgan fingerprint density at radius 1 is 1.25 bits per heavy atom. The van der Waals surface area contributed by atoms with Crippen molar-refractivity contribution in [1.82, 2.24) is 5.32 Å². The van der Waals surface area contributed by atoms with Crippen molar-refractivity contribution in [1.29, 1.82) is 0 Å².